The number of hydrogen-bond donors (Lipinski definition) is 1. The molecule has 0 spiro atoms. The monoisotopic (exact) mass is 643 g/mol. The van der Waals surface area contributed by atoms with Crippen molar-refractivity contribution in [2.75, 3.05) is 24.5 Å². The van der Waals surface area contributed by atoms with Crippen molar-refractivity contribution in [2.45, 2.75) is 50.6 Å². The fraction of sp³-hybridized carbons (Fsp3) is 0.278. The number of anilines is 1. The van der Waals surface area contributed by atoms with Crippen molar-refractivity contribution in [3.8, 4) is 17.2 Å². The summed E-state index contributed by atoms with van der Waals surface area (Å²) in [6, 6.07) is 30.1. The topological polar surface area (TPSA) is 105 Å². The molecule has 1 atom stereocenters. The van der Waals surface area contributed by atoms with E-state index in [4.69, 9.17) is 9.47 Å². The first-order valence-electron chi connectivity index (χ1n) is 15.4. The highest BCUT2D eigenvalue weighted by Crippen LogP contribution is 2.29. The quantitative estimate of drug-likeness (QED) is 0.142. The molecule has 242 valence electrons. The lowest BCUT2D eigenvalue weighted by atomic mass is 10.1. The van der Waals surface area contributed by atoms with Crippen LogP contribution in [-0.2, 0) is 26.2 Å². The molecule has 0 aliphatic heterocycles. The van der Waals surface area contributed by atoms with Gasteiger partial charge in [-0.05, 0) is 79.1 Å². The number of hydrogen-bond acceptors (Lipinski definition) is 6. The average Bonchev–Trinajstić information content (AvgIpc) is 3.08. The number of nitrogens with one attached hydrogen (secondary N) is 1. The molecule has 0 aromatic heterocycles. The van der Waals surface area contributed by atoms with Gasteiger partial charge in [-0.1, -0.05) is 68.8 Å². The minimum absolute atomic E-state index is 0.0402. The van der Waals surface area contributed by atoms with Gasteiger partial charge >= 0.3 is 0 Å². The van der Waals surface area contributed by atoms with Gasteiger partial charge in [0.05, 0.1) is 17.7 Å². The number of sulfonamides is 1. The smallest absolute Gasteiger partial charge is 0.264 e. The van der Waals surface area contributed by atoms with Gasteiger partial charge < -0.3 is 19.7 Å². The van der Waals surface area contributed by atoms with Crippen molar-refractivity contribution in [2.24, 2.45) is 0 Å². The molecule has 10 heteroatoms. The first-order chi connectivity index (χ1) is 22.3. The summed E-state index contributed by atoms with van der Waals surface area (Å²) in [5.74, 6) is 1.01. The number of carbonyl (C=O) groups is 2. The van der Waals surface area contributed by atoms with E-state index >= 15 is 0 Å². The number of rotatable bonds is 16. The number of benzene rings is 4. The summed E-state index contributed by atoms with van der Waals surface area (Å²) >= 11 is 0. The predicted octanol–water partition coefficient (Wildman–Crippen LogP) is 6.41. The van der Waals surface area contributed by atoms with E-state index in [1.54, 1.807) is 61.7 Å². The van der Waals surface area contributed by atoms with Crippen LogP contribution in [0, 0.1) is 0 Å². The zero-order valence-electron chi connectivity index (χ0n) is 26.5. The molecule has 9 nitrogen and oxygen atoms in total. The van der Waals surface area contributed by atoms with Gasteiger partial charge in [-0.15, -0.1) is 0 Å². The molecule has 4 aromatic rings. The van der Waals surface area contributed by atoms with Crippen molar-refractivity contribution in [3.05, 3.63) is 115 Å². The van der Waals surface area contributed by atoms with Gasteiger partial charge in [0.2, 0.25) is 11.8 Å². The Labute approximate surface area is 271 Å². The highest BCUT2D eigenvalue weighted by atomic mass is 32.2. The van der Waals surface area contributed by atoms with Gasteiger partial charge in [-0.3, -0.25) is 13.9 Å². The van der Waals surface area contributed by atoms with E-state index in [1.165, 1.54) is 17.0 Å². The third-order valence-corrected chi connectivity index (χ3v) is 9.23. The van der Waals surface area contributed by atoms with Crippen LogP contribution in [0.1, 0.15) is 38.7 Å². The highest BCUT2D eigenvalue weighted by Gasteiger charge is 2.33. The molecule has 4 rings (SSSR count). The molecule has 0 fully saturated rings. The molecule has 0 saturated carbocycles. The molecule has 0 heterocycles. The molecule has 0 radical (unpaired) electrons. The molecule has 0 saturated heterocycles. The van der Waals surface area contributed by atoms with Gasteiger partial charge in [-0.25, -0.2) is 8.42 Å². The third kappa shape index (κ3) is 8.88. The van der Waals surface area contributed by atoms with Crippen LogP contribution >= 0.6 is 0 Å². The van der Waals surface area contributed by atoms with Crippen LogP contribution in [0.4, 0.5) is 5.69 Å². The minimum Gasteiger partial charge on any atom is -0.497 e. The Morgan fingerprint density at radius 1 is 0.783 bits per heavy atom. The van der Waals surface area contributed by atoms with E-state index in [1.807, 2.05) is 56.3 Å². The van der Waals surface area contributed by atoms with Crippen molar-refractivity contribution in [1.82, 2.24) is 10.2 Å². The van der Waals surface area contributed by atoms with Gasteiger partial charge in [0.25, 0.3) is 10.0 Å². The van der Waals surface area contributed by atoms with Gasteiger partial charge in [-0.2, -0.15) is 0 Å². The molecular weight excluding hydrogens is 602 g/mol. The zero-order chi connectivity index (χ0) is 32.9. The van der Waals surface area contributed by atoms with Crippen LogP contribution in [0.3, 0.4) is 0 Å². The lowest BCUT2D eigenvalue weighted by Crippen LogP contribution is -2.52. The van der Waals surface area contributed by atoms with Crippen molar-refractivity contribution < 1.29 is 27.5 Å². The number of carbonyl (C=O) groups excluding carboxylic acids is 2. The van der Waals surface area contributed by atoms with E-state index < -0.39 is 28.5 Å². The average molecular weight is 644 g/mol. The number of amides is 2. The second kappa shape index (κ2) is 16.5. The van der Waals surface area contributed by atoms with E-state index in [9.17, 15) is 18.0 Å². The maximum Gasteiger partial charge on any atom is 0.264 e. The minimum atomic E-state index is -4.18. The largest absolute Gasteiger partial charge is 0.497 e. The Bertz CT molecular complexity index is 1650. The summed E-state index contributed by atoms with van der Waals surface area (Å²) in [6.45, 7) is 3.94. The fourth-order valence-corrected chi connectivity index (χ4v) is 6.34. The van der Waals surface area contributed by atoms with Gasteiger partial charge in [0.15, 0.2) is 0 Å². The van der Waals surface area contributed by atoms with Crippen LogP contribution in [0.5, 0.6) is 17.2 Å². The predicted molar refractivity (Wildman–Crippen MR) is 179 cm³/mol. The summed E-state index contributed by atoms with van der Waals surface area (Å²) < 4.78 is 40.4. The summed E-state index contributed by atoms with van der Waals surface area (Å²) in [6.07, 6.45) is 2.06. The summed E-state index contributed by atoms with van der Waals surface area (Å²) in [5.41, 5.74) is 1.05. The zero-order valence-corrected chi connectivity index (χ0v) is 27.3. The molecule has 0 aliphatic rings. The lowest BCUT2D eigenvalue weighted by molar-refractivity contribution is -0.140. The molecule has 0 bridgehead atoms. The summed E-state index contributed by atoms with van der Waals surface area (Å²) in [5, 5.41) is 2.94. The maximum absolute atomic E-state index is 14.3. The van der Waals surface area contributed by atoms with Crippen molar-refractivity contribution in [1.29, 1.82) is 0 Å². The molecule has 0 aliphatic carbocycles. The molecule has 1 N–H and O–H groups in total. The van der Waals surface area contributed by atoms with Crippen molar-refractivity contribution in [3.63, 3.8) is 0 Å². The van der Waals surface area contributed by atoms with Crippen LogP contribution in [0.15, 0.2) is 114 Å². The Morgan fingerprint density at radius 2 is 1.37 bits per heavy atom. The first-order valence-corrected chi connectivity index (χ1v) is 16.8. The van der Waals surface area contributed by atoms with E-state index in [0.717, 1.165) is 22.7 Å². The second-order valence-electron chi connectivity index (χ2n) is 10.7. The van der Waals surface area contributed by atoms with Crippen LogP contribution < -0.4 is 19.1 Å². The molecular formula is C36H41N3O6S. The molecule has 46 heavy (non-hydrogen) atoms. The number of unbranched alkanes of at least 4 members (excludes halogenated alkanes) is 1. The Balaban J connectivity index is 1.69. The van der Waals surface area contributed by atoms with E-state index in [0.29, 0.717) is 30.2 Å². The number of ether oxygens (including phenoxy) is 2. The first kappa shape index (κ1) is 34.1. The van der Waals surface area contributed by atoms with E-state index in [-0.39, 0.29) is 23.0 Å². The highest BCUT2D eigenvalue weighted by molar-refractivity contribution is 7.92. The van der Waals surface area contributed by atoms with E-state index in [2.05, 4.69) is 5.32 Å². The summed E-state index contributed by atoms with van der Waals surface area (Å²) in [4.78, 5) is 29.1. The SMILES string of the molecule is CCCCNC(=O)C(CC)N(Cc1ccc(OC)cc1)C(=O)CN(c1ccc(Oc2ccccc2)cc1)S(=O)(=O)c1ccccc1. The van der Waals surface area contributed by atoms with Crippen LogP contribution in [0.25, 0.3) is 0 Å². The summed E-state index contributed by atoms with van der Waals surface area (Å²) in [7, 11) is -2.61. The Hall–Kier alpha value is -4.83. The van der Waals surface area contributed by atoms with Gasteiger partial charge in [0, 0.05) is 13.1 Å². The van der Waals surface area contributed by atoms with Crippen LogP contribution in [0.2, 0.25) is 0 Å². The lowest BCUT2D eigenvalue weighted by Gasteiger charge is -2.33. The van der Waals surface area contributed by atoms with Crippen molar-refractivity contribution >= 4 is 27.5 Å². The Kier molecular flexibility index (Phi) is 12.2. The molecule has 2 amide bonds. The number of para-hydroxylation sites is 1. The standard InChI is InChI=1S/C36H41N3O6S/c1-4-6-25-37-36(41)34(5-2)38(26-28-17-21-30(44-3)22-18-28)35(40)27-39(46(42,43)33-15-11-8-12-16-33)29-19-23-32(24-20-29)45-31-13-9-7-10-14-31/h7-24,34H,4-6,25-27H2,1-3H3,(H,37,41). The maximum atomic E-state index is 14.3. The fourth-order valence-electron chi connectivity index (χ4n) is 4.91. The molecule has 4 aromatic carbocycles. The normalized spacial score (nSPS) is 11.7. The third-order valence-electron chi connectivity index (χ3n) is 7.44. The second-order valence-corrected chi connectivity index (χ2v) is 12.5. The number of nitrogens with zero attached hydrogens (tertiary/aromatic N) is 2. The van der Waals surface area contributed by atoms with Crippen LogP contribution in [-0.4, -0.2) is 51.4 Å². The molecule has 1 unspecified atom stereocenters. The number of methoxy groups -OCH3 is 1. The van der Waals surface area contributed by atoms with Gasteiger partial charge in [0.1, 0.15) is 29.8 Å². The Morgan fingerprint density at radius 3 is 1.96 bits per heavy atom.